The third-order valence-corrected chi connectivity index (χ3v) is 4.96. The molecule has 4 heteroatoms. The molecule has 0 amide bonds. The second-order valence-corrected chi connectivity index (χ2v) is 6.38. The SMILES string of the molecule is Clc1cccc(C(c2ccccc2)N2CCCNCC2)c1Cl. The summed E-state index contributed by atoms with van der Waals surface area (Å²) in [5.74, 6) is 0. The van der Waals surface area contributed by atoms with E-state index in [4.69, 9.17) is 23.2 Å². The van der Waals surface area contributed by atoms with Gasteiger partial charge in [0.2, 0.25) is 0 Å². The lowest BCUT2D eigenvalue weighted by atomic mass is 9.96. The molecule has 116 valence electrons. The predicted octanol–water partition coefficient (Wildman–Crippen LogP) is 4.38. The summed E-state index contributed by atoms with van der Waals surface area (Å²) in [6.07, 6.45) is 1.14. The highest BCUT2D eigenvalue weighted by Crippen LogP contribution is 2.36. The molecule has 1 fully saturated rings. The van der Waals surface area contributed by atoms with Gasteiger partial charge in [0.25, 0.3) is 0 Å². The van der Waals surface area contributed by atoms with Crippen molar-refractivity contribution in [1.82, 2.24) is 10.2 Å². The van der Waals surface area contributed by atoms with Crippen LogP contribution in [0.4, 0.5) is 0 Å². The van der Waals surface area contributed by atoms with Crippen LogP contribution in [0.2, 0.25) is 10.0 Å². The summed E-state index contributed by atoms with van der Waals surface area (Å²) in [5.41, 5.74) is 2.34. The van der Waals surface area contributed by atoms with Crippen LogP contribution >= 0.6 is 23.2 Å². The maximum atomic E-state index is 6.52. The molecule has 0 bridgehead atoms. The van der Waals surface area contributed by atoms with Crippen molar-refractivity contribution in [3.05, 3.63) is 69.7 Å². The highest BCUT2D eigenvalue weighted by molar-refractivity contribution is 6.42. The van der Waals surface area contributed by atoms with Crippen molar-refractivity contribution >= 4 is 23.2 Å². The van der Waals surface area contributed by atoms with Crippen LogP contribution < -0.4 is 5.32 Å². The molecule has 2 nitrogen and oxygen atoms in total. The Hall–Kier alpha value is -1.06. The smallest absolute Gasteiger partial charge is 0.0643 e. The van der Waals surface area contributed by atoms with Gasteiger partial charge < -0.3 is 5.32 Å². The van der Waals surface area contributed by atoms with Crippen LogP contribution in [0.15, 0.2) is 48.5 Å². The van der Waals surface area contributed by atoms with Gasteiger partial charge in [0, 0.05) is 19.6 Å². The highest BCUT2D eigenvalue weighted by Gasteiger charge is 2.25. The van der Waals surface area contributed by atoms with Gasteiger partial charge >= 0.3 is 0 Å². The molecule has 22 heavy (non-hydrogen) atoms. The number of hydrogen-bond acceptors (Lipinski definition) is 2. The first-order chi connectivity index (χ1) is 10.8. The summed E-state index contributed by atoms with van der Waals surface area (Å²) < 4.78 is 0. The Kier molecular flexibility index (Phi) is 5.37. The summed E-state index contributed by atoms with van der Waals surface area (Å²) in [6, 6.07) is 16.6. The molecule has 1 aliphatic rings. The number of benzene rings is 2. The molecule has 1 saturated heterocycles. The third-order valence-electron chi connectivity index (χ3n) is 4.13. The molecule has 1 atom stereocenters. The van der Waals surface area contributed by atoms with Crippen molar-refractivity contribution in [2.24, 2.45) is 0 Å². The van der Waals surface area contributed by atoms with Gasteiger partial charge in [-0.2, -0.15) is 0 Å². The molecular formula is C18H20Cl2N2. The molecule has 0 saturated carbocycles. The zero-order valence-electron chi connectivity index (χ0n) is 12.4. The molecule has 0 radical (unpaired) electrons. The second kappa shape index (κ2) is 7.47. The molecule has 2 aromatic rings. The maximum absolute atomic E-state index is 6.52. The summed E-state index contributed by atoms with van der Waals surface area (Å²) >= 11 is 12.8. The average Bonchev–Trinajstić information content (AvgIpc) is 2.82. The van der Waals surface area contributed by atoms with E-state index in [9.17, 15) is 0 Å². The summed E-state index contributed by atoms with van der Waals surface area (Å²) in [6.45, 7) is 4.13. The lowest BCUT2D eigenvalue weighted by Crippen LogP contribution is -2.33. The van der Waals surface area contributed by atoms with E-state index in [-0.39, 0.29) is 6.04 Å². The Bertz CT molecular complexity index is 608. The molecule has 0 spiro atoms. The minimum absolute atomic E-state index is 0.146. The fraction of sp³-hybridized carbons (Fsp3) is 0.333. The Balaban J connectivity index is 2.04. The minimum Gasteiger partial charge on any atom is -0.315 e. The van der Waals surface area contributed by atoms with Gasteiger partial charge in [-0.3, -0.25) is 4.90 Å². The topological polar surface area (TPSA) is 15.3 Å². The van der Waals surface area contributed by atoms with Gasteiger partial charge in [-0.05, 0) is 30.2 Å². The van der Waals surface area contributed by atoms with E-state index in [1.54, 1.807) is 0 Å². The summed E-state index contributed by atoms with van der Waals surface area (Å²) in [4.78, 5) is 2.49. The number of rotatable bonds is 3. The van der Waals surface area contributed by atoms with E-state index >= 15 is 0 Å². The van der Waals surface area contributed by atoms with Crippen molar-refractivity contribution in [2.45, 2.75) is 12.5 Å². The molecule has 0 aromatic heterocycles. The van der Waals surface area contributed by atoms with E-state index < -0.39 is 0 Å². The number of nitrogens with zero attached hydrogens (tertiary/aromatic N) is 1. The van der Waals surface area contributed by atoms with E-state index in [0.717, 1.165) is 38.2 Å². The Morgan fingerprint density at radius 1 is 0.909 bits per heavy atom. The van der Waals surface area contributed by atoms with Crippen LogP contribution in [0.1, 0.15) is 23.6 Å². The molecule has 2 aromatic carbocycles. The third kappa shape index (κ3) is 3.47. The molecule has 1 unspecified atom stereocenters. The molecule has 1 N–H and O–H groups in total. The van der Waals surface area contributed by atoms with E-state index in [0.29, 0.717) is 10.0 Å². The second-order valence-electron chi connectivity index (χ2n) is 5.60. The van der Waals surface area contributed by atoms with Crippen LogP contribution in [-0.2, 0) is 0 Å². The number of halogens is 2. The molecular weight excluding hydrogens is 315 g/mol. The minimum atomic E-state index is 0.146. The van der Waals surface area contributed by atoms with Crippen molar-refractivity contribution in [2.75, 3.05) is 26.2 Å². The molecule has 1 heterocycles. The maximum Gasteiger partial charge on any atom is 0.0643 e. The zero-order chi connectivity index (χ0) is 15.4. The first-order valence-electron chi connectivity index (χ1n) is 7.71. The van der Waals surface area contributed by atoms with Crippen LogP contribution in [-0.4, -0.2) is 31.1 Å². The Morgan fingerprint density at radius 2 is 1.73 bits per heavy atom. The number of hydrogen-bond donors (Lipinski definition) is 1. The monoisotopic (exact) mass is 334 g/mol. The normalized spacial score (nSPS) is 17.9. The zero-order valence-corrected chi connectivity index (χ0v) is 13.9. The molecule has 0 aliphatic carbocycles. The van der Waals surface area contributed by atoms with Crippen LogP contribution in [0.5, 0.6) is 0 Å². The summed E-state index contributed by atoms with van der Waals surface area (Å²) in [5, 5.41) is 4.74. The van der Waals surface area contributed by atoms with E-state index in [1.807, 2.05) is 18.2 Å². The molecule has 1 aliphatic heterocycles. The van der Waals surface area contributed by atoms with Crippen molar-refractivity contribution < 1.29 is 0 Å². The highest BCUT2D eigenvalue weighted by atomic mass is 35.5. The van der Waals surface area contributed by atoms with Gasteiger partial charge in [0.05, 0.1) is 16.1 Å². The van der Waals surface area contributed by atoms with Crippen molar-refractivity contribution in [3.63, 3.8) is 0 Å². The average molecular weight is 335 g/mol. The van der Waals surface area contributed by atoms with E-state index in [2.05, 4.69) is 40.5 Å². The first-order valence-corrected chi connectivity index (χ1v) is 8.46. The largest absolute Gasteiger partial charge is 0.315 e. The van der Waals surface area contributed by atoms with Gasteiger partial charge in [0.1, 0.15) is 0 Å². The first kappa shape index (κ1) is 15.8. The fourth-order valence-corrected chi connectivity index (χ4v) is 3.49. The van der Waals surface area contributed by atoms with Crippen molar-refractivity contribution in [3.8, 4) is 0 Å². The number of nitrogens with one attached hydrogen (secondary N) is 1. The fourth-order valence-electron chi connectivity index (χ4n) is 3.08. The Morgan fingerprint density at radius 3 is 2.55 bits per heavy atom. The van der Waals surface area contributed by atoms with Crippen LogP contribution in [0.25, 0.3) is 0 Å². The standard InChI is InChI=1S/C18H20Cl2N2/c19-16-9-4-8-15(17(16)20)18(14-6-2-1-3-7-14)22-12-5-10-21-11-13-22/h1-4,6-9,18,21H,5,10-13H2. The quantitative estimate of drug-likeness (QED) is 0.896. The predicted molar refractivity (Wildman–Crippen MR) is 93.8 cm³/mol. The van der Waals surface area contributed by atoms with Crippen molar-refractivity contribution in [1.29, 1.82) is 0 Å². The lowest BCUT2D eigenvalue weighted by Gasteiger charge is -2.32. The van der Waals surface area contributed by atoms with Gasteiger partial charge in [-0.15, -0.1) is 0 Å². The van der Waals surface area contributed by atoms with E-state index in [1.165, 1.54) is 5.56 Å². The van der Waals surface area contributed by atoms with Crippen LogP contribution in [0, 0.1) is 0 Å². The lowest BCUT2D eigenvalue weighted by molar-refractivity contribution is 0.241. The molecule has 3 rings (SSSR count). The van der Waals surface area contributed by atoms with Gasteiger partial charge in [-0.1, -0.05) is 65.7 Å². The Labute approximate surface area is 142 Å². The van der Waals surface area contributed by atoms with Crippen LogP contribution in [0.3, 0.4) is 0 Å². The van der Waals surface area contributed by atoms with Gasteiger partial charge in [-0.25, -0.2) is 0 Å². The summed E-state index contributed by atoms with van der Waals surface area (Å²) in [7, 11) is 0. The van der Waals surface area contributed by atoms with Gasteiger partial charge in [0.15, 0.2) is 0 Å².